The van der Waals surface area contributed by atoms with E-state index in [2.05, 4.69) is 37.0 Å². The lowest BCUT2D eigenvalue weighted by Crippen LogP contribution is -2.36. The maximum Gasteiger partial charge on any atom is 0.0841 e. The van der Waals surface area contributed by atoms with Crippen molar-refractivity contribution < 1.29 is 0 Å². The molecule has 1 aromatic heterocycles. The van der Waals surface area contributed by atoms with Crippen LogP contribution in [0.25, 0.3) is 0 Å². The molecule has 0 amide bonds. The number of likely N-dealkylation sites (tertiary alicyclic amines) is 1. The SMILES string of the molecule is Cc1cn(C)nc1C1C(N)CCN1C(C)C. The van der Waals surface area contributed by atoms with Gasteiger partial charge in [-0.25, -0.2) is 0 Å². The van der Waals surface area contributed by atoms with Crippen LogP contribution in [0.4, 0.5) is 0 Å². The highest BCUT2D eigenvalue weighted by atomic mass is 15.3. The van der Waals surface area contributed by atoms with E-state index >= 15 is 0 Å². The maximum atomic E-state index is 6.23. The molecular weight excluding hydrogens is 200 g/mol. The number of aryl methyl sites for hydroxylation is 2. The molecule has 1 fully saturated rings. The summed E-state index contributed by atoms with van der Waals surface area (Å²) in [5.74, 6) is 0. The smallest absolute Gasteiger partial charge is 0.0841 e. The number of aromatic nitrogens is 2. The minimum Gasteiger partial charge on any atom is -0.326 e. The van der Waals surface area contributed by atoms with Gasteiger partial charge in [-0.2, -0.15) is 5.10 Å². The summed E-state index contributed by atoms with van der Waals surface area (Å²) < 4.78 is 1.88. The van der Waals surface area contributed by atoms with Gasteiger partial charge in [-0.15, -0.1) is 0 Å². The predicted octanol–water partition coefficient (Wildman–Crippen LogP) is 1.21. The highest BCUT2D eigenvalue weighted by Crippen LogP contribution is 2.33. The Bertz CT molecular complexity index is 369. The molecule has 1 aliphatic rings. The van der Waals surface area contributed by atoms with Crippen molar-refractivity contribution in [2.75, 3.05) is 6.54 Å². The fraction of sp³-hybridized carbons (Fsp3) is 0.750. The van der Waals surface area contributed by atoms with E-state index in [4.69, 9.17) is 5.73 Å². The Kier molecular flexibility index (Phi) is 3.04. The number of nitrogens with zero attached hydrogens (tertiary/aromatic N) is 3. The Hall–Kier alpha value is -0.870. The van der Waals surface area contributed by atoms with E-state index in [1.54, 1.807) is 0 Å². The van der Waals surface area contributed by atoms with Gasteiger partial charge in [0.1, 0.15) is 0 Å². The minimum atomic E-state index is 0.219. The Balaban J connectivity index is 2.33. The van der Waals surface area contributed by atoms with Crippen molar-refractivity contribution in [2.45, 2.75) is 45.3 Å². The first kappa shape index (κ1) is 11.6. The van der Waals surface area contributed by atoms with E-state index in [1.165, 1.54) is 5.56 Å². The minimum absolute atomic E-state index is 0.219. The average molecular weight is 222 g/mol. The predicted molar refractivity (Wildman–Crippen MR) is 65.1 cm³/mol. The van der Waals surface area contributed by atoms with E-state index < -0.39 is 0 Å². The first-order valence-corrected chi connectivity index (χ1v) is 6.02. The van der Waals surface area contributed by atoms with Crippen LogP contribution < -0.4 is 5.73 Å². The molecular formula is C12H22N4. The lowest BCUT2D eigenvalue weighted by atomic mass is 10.0. The van der Waals surface area contributed by atoms with Crippen LogP contribution in [-0.4, -0.2) is 33.3 Å². The van der Waals surface area contributed by atoms with Crippen molar-refractivity contribution >= 4 is 0 Å². The largest absolute Gasteiger partial charge is 0.326 e. The molecule has 16 heavy (non-hydrogen) atoms. The van der Waals surface area contributed by atoms with Gasteiger partial charge in [0, 0.05) is 31.9 Å². The van der Waals surface area contributed by atoms with Gasteiger partial charge in [0.25, 0.3) is 0 Å². The van der Waals surface area contributed by atoms with Gasteiger partial charge < -0.3 is 5.73 Å². The Morgan fingerprint density at radius 3 is 2.69 bits per heavy atom. The molecule has 2 rings (SSSR count). The van der Waals surface area contributed by atoms with Crippen molar-refractivity contribution in [3.63, 3.8) is 0 Å². The molecule has 0 aromatic carbocycles. The van der Waals surface area contributed by atoms with Gasteiger partial charge in [-0.3, -0.25) is 9.58 Å². The summed E-state index contributed by atoms with van der Waals surface area (Å²) in [5, 5.41) is 4.57. The van der Waals surface area contributed by atoms with Crippen LogP contribution in [-0.2, 0) is 7.05 Å². The second-order valence-electron chi connectivity index (χ2n) is 5.10. The zero-order chi connectivity index (χ0) is 11.9. The van der Waals surface area contributed by atoms with E-state index in [-0.39, 0.29) is 6.04 Å². The molecule has 0 radical (unpaired) electrons. The third-order valence-corrected chi connectivity index (χ3v) is 3.48. The van der Waals surface area contributed by atoms with E-state index in [0.717, 1.165) is 18.7 Å². The fourth-order valence-corrected chi connectivity index (χ4v) is 2.70. The van der Waals surface area contributed by atoms with Crippen LogP contribution in [0.1, 0.15) is 37.6 Å². The normalized spacial score (nSPS) is 26.9. The fourth-order valence-electron chi connectivity index (χ4n) is 2.70. The van der Waals surface area contributed by atoms with Gasteiger partial charge in [-0.05, 0) is 32.8 Å². The van der Waals surface area contributed by atoms with Crippen LogP contribution in [0.5, 0.6) is 0 Å². The molecule has 90 valence electrons. The van der Waals surface area contributed by atoms with E-state index in [9.17, 15) is 0 Å². The quantitative estimate of drug-likeness (QED) is 0.818. The van der Waals surface area contributed by atoms with Gasteiger partial charge in [-0.1, -0.05) is 0 Å². The molecule has 2 atom stereocenters. The molecule has 4 nitrogen and oxygen atoms in total. The number of nitrogens with two attached hydrogens (primary N) is 1. The number of hydrogen-bond donors (Lipinski definition) is 1. The Morgan fingerprint density at radius 2 is 2.19 bits per heavy atom. The first-order chi connectivity index (χ1) is 7.50. The van der Waals surface area contributed by atoms with Crippen LogP contribution in [0.15, 0.2) is 6.20 Å². The monoisotopic (exact) mass is 222 g/mol. The van der Waals surface area contributed by atoms with E-state index in [0.29, 0.717) is 12.1 Å². The van der Waals surface area contributed by atoms with Crippen molar-refractivity contribution in [2.24, 2.45) is 12.8 Å². The summed E-state index contributed by atoms with van der Waals surface area (Å²) in [5.41, 5.74) is 8.63. The standard InChI is InChI=1S/C12H22N4/c1-8(2)16-6-5-10(13)12(16)11-9(3)7-15(4)14-11/h7-8,10,12H,5-6,13H2,1-4H3. The van der Waals surface area contributed by atoms with Crippen molar-refractivity contribution in [3.8, 4) is 0 Å². The van der Waals surface area contributed by atoms with Crippen LogP contribution >= 0.6 is 0 Å². The number of rotatable bonds is 2. The molecule has 0 aliphatic carbocycles. The number of hydrogen-bond acceptors (Lipinski definition) is 3. The van der Waals surface area contributed by atoms with Crippen LogP contribution in [0.3, 0.4) is 0 Å². The Labute approximate surface area is 97.4 Å². The highest BCUT2D eigenvalue weighted by molar-refractivity contribution is 5.22. The summed E-state index contributed by atoms with van der Waals surface area (Å²) in [6, 6.07) is 1.04. The molecule has 1 aromatic rings. The van der Waals surface area contributed by atoms with Crippen molar-refractivity contribution in [1.82, 2.24) is 14.7 Å². The zero-order valence-corrected chi connectivity index (χ0v) is 10.6. The topological polar surface area (TPSA) is 47.1 Å². The summed E-state index contributed by atoms with van der Waals surface area (Å²) >= 11 is 0. The van der Waals surface area contributed by atoms with Crippen molar-refractivity contribution in [1.29, 1.82) is 0 Å². The van der Waals surface area contributed by atoms with Gasteiger partial charge in [0.05, 0.1) is 11.7 Å². The molecule has 0 saturated carbocycles. The molecule has 2 unspecified atom stereocenters. The third kappa shape index (κ3) is 1.87. The summed E-state index contributed by atoms with van der Waals surface area (Å²) in [6.45, 7) is 7.65. The molecule has 2 heterocycles. The second-order valence-corrected chi connectivity index (χ2v) is 5.10. The summed E-state index contributed by atoms with van der Waals surface area (Å²) in [4.78, 5) is 2.46. The maximum absolute atomic E-state index is 6.23. The molecule has 0 spiro atoms. The van der Waals surface area contributed by atoms with E-state index in [1.807, 2.05) is 11.7 Å². The zero-order valence-electron chi connectivity index (χ0n) is 10.6. The first-order valence-electron chi connectivity index (χ1n) is 6.02. The summed E-state index contributed by atoms with van der Waals surface area (Å²) in [7, 11) is 1.97. The molecule has 1 aliphatic heterocycles. The summed E-state index contributed by atoms with van der Waals surface area (Å²) in [6.07, 6.45) is 3.14. The lowest BCUT2D eigenvalue weighted by molar-refractivity contribution is 0.193. The second kappa shape index (κ2) is 4.18. The Morgan fingerprint density at radius 1 is 1.50 bits per heavy atom. The highest BCUT2D eigenvalue weighted by Gasteiger charge is 2.36. The lowest BCUT2D eigenvalue weighted by Gasteiger charge is -2.29. The van der Waals surface area contributed by atoms with Gasteiger partial charge in [0.15, 0.2) is 0 Å². The van der Waals surface area contributed by atoms with Crippen LogP contribution in [0, 0.1) is 6.92 Å². The average Bonchev–Trinajstić information content (AvgIpc) is 2.69. The molecule has 1 saturated heterocycles. The third-order valence-electron chi connectivity index (χ3n) is 3.48. The molecule has 4 heteroatoms. The molecule has 2 N–H and O–H groups in total. The molecule has 0 bridgehead atoms. The van der Waals surface area contributed by atoms with Crippen LogP contribution in [0.2, 0.25) is 0 Å². The van der Waals surface area contributed by atoms with Gasteiger partial charge in [0.2, 0.25) is 0 Å². The van der Waals surface area contributed by atoms with Gasteiger partial charge >= 0.3 is 0 Å². The van der Waals surface area contributed by atoms with Crippen molar-refractivity contribution in [3.05, 3.63) is 17.5 Å².